The molecule has 4 N–H and O–H groups in total. The zero-order valence-electron chi connectivity index (χ0n) is 16.9. The highest BCUT2D eigenvalue weighted by molar-refractivity contribution is 14.1. The number of carbonyl (C=O) groups excluding carboxylic acids is 3. The van der Waals surface area contributed by atoms with Gasteiger partial charge in [0.2, 0.25) is 0 Å². The van der Waals surface area contributed by atoms with Gasteiger partial charge in [-0.25, -0.2) is 0 Å². The average Bonchev–Trinajstić information content (AvgIpc) is 2.78. The highest BCUT2D eigenvalue weighted by atomic mass is 127. The molecular formula is C23H19IN4O3S. The van der Waals surface area contributed by atoms with E-state index in [0.717, 1.165) is 9.13 Å². The molecule has 0 aromatic heterocycles. The fourth-order valence-electron chi connectivity index (χ4n) is 2.73. The fourth-order valence-corrected chi connectivity index (χ4v) is 3.50. The van der Waals surface area contributed by atoms with Crippen LogP contribution in [-0.4, -0.2) is 22.8 Å². The van der Waals surface area contributed by atoms with Crippen molar-refractivity contribution in [2.45, 2.75) is 6.92 Å². The van der Waals surface area contributed by atoms with Crippen molar-refractivity contribution < 1.29 is 14.4 Å². The maximum atomic E-state index is 12.3. The molecular weight excluding hydrogens is 539 g/mol. The first-order valence-electron chi connectivity index (χ1n) is 9.48. The van der Waals surface area contributed by atoms with E-state index in [1.165, 1.54) is 0 Å². The van der Waals surface area contributed by atoms with Crippen LogP contribution in [0.2, 0.25) is 0 Å². The fraction of sp³-hybridized carbons (Fsp3) is 0.0435. The van der Waals surface area contributed by atoms with Gasteiger partial charge in [-0.1, -0.05) is 29.8 Å². The predicted octanol–water partition coefficient (Wildman–Crippen LogP) is 3.80. The van der Waals surface area contributed by atoms with Crippen LogP contribution in [0.15, 0.2) is 72.8 Å². The standard InChI is InChI=1S/C23H19IN4O3S/c1-14-5-4-6-16(13-14)20(29)25-17-11-9-15(10-12-17)21(30)27-28-23(32)26-22(31)18-7-2-3-8-19(18)24/h2-13H,1H3,(H,25,29)(H,27,30)(H2,26,28,31,32). The van der Waals surface area contributed by atoms with Crippen LogP contribution < -0.4 is 21.5 Å². The normalized spacial score (nSPS) is 10.1. The Kier molecular flexibility index (Phi) is 7.90. The molecule has 9 heteroatoms. The van der Waals surface area contributed by atoms with Crippen molar-refractivity contribution in [2.24, 2.45) is 0 Å². The van der Waals surface area contributed by atoms with Crippen molar-refractivity contribution in [2.75, 3.05) is 5.32 Å². The van der Waals surface area contributed by atoms with Gasteiger partial charge >= 0.3 is 0 Å². The summed E-state index contributed by atoms with van der Waals surface area (Å²) < 4.78 is 0.781. The van der Waals surface area contributed by atoms with Crippen LogP contribution in [0.3, 0.4) is 0 Å². The molecule has 0 aliphatic rings. The summed E-state index contributed by atoms with van der Waals surface area (Å²) in [5.41, 5.74) is 7.85. The van der Waals surface area contributed by atoms with Crippen LogP contribution in [0.25, 0.3) is 0 Å². The molecule has 3 aromatic rings. The van der Waals surface area contributed by atoms with Crippen molar-refractivity contribution >= 4 is 63.3 Å². The van der Waals surface area contributed by atoms with Crippen LogP contribution in [-0.2, 0) is 0 Å². The number of rotatable bonds is 4. The molecule has 0 aliphatic heterocycles. The number of aryl methyl sites for hydroxylation is 1. The molecule has 0 spiro atoms. The molecule has 0 radical (unpaired) electrons. The minimum atomic E-state index is -0.451. The second-order valence-electron chi connectivity index (χ2n) is 6.74. The second kappa shape index (κ2) is 10.8. The van der Waals surface area contributed by atoms with Gasteiger partial charge in [0.15, 0.2) is 5.11 Å². The zero-order chi connectivity index (χ0) is 23.1. The van der Waals surface area contributed by atoms with Gasteiger partial charge in [0.1, 0.15) is 0 Å². The number of hydrazine groups is 1. The second-order valence-corrected chi connectivity index (χ2v) is 8.31. The van der Waals surface area contributed by atoms with E-state index in [9.17, 15) is 14.4 Å². The van der Waals surface area contributed by atoms with Crippen LogP contribution in [0, 0.1) is 10.5 Å². The molecule has 7 nitrogen and oxygen atoms in total. The Morgan fingerprint density at radius 2 is 1.50 bits per heavy atom. The quantitative estimate of drug-likeness (QED) is 0.222. The summed E-state index contributed by atoms with van der Waals surface area (Å²) >= 11 is 7.11. The minimum Gasteiger partial charge on any atom is -0.322 e. The van der Waals surface area contributed by atoms with E-state index < -0.39 is 5.91 Å². The molecule has 3 amide bonds. The smallest absolute Gasteiger partial charge is 0.269 e. The van der Waals surface area contributed by atoms with Crippen molar-refractivity contribution in [3.8, 4) is 0 Å². The molecule has 0 bridgehead atoms. The maximum absolute atomic E-state index is 12.3. The Hall–Kier alpha value is -3.31. The number of carbonyl (C=O) groups is 3. The molecule has 0 saturated heterocycles. The van der Waals surface area contributed by atoms with Gasteiger partial charge in [-0.05, 0) is 90.3 Å². The van der Waals surface area contributed by atoms with Gasteiger partial charge < -0.3 is 5.32 Å². The van der Waals surface area contributed by atoms with E-state index in [0.29, 0.717) is 22.4 Å². The summed E-state index contributed by atoms with van der Waals surface area (Å²) in [4.78, 5) is 36.9. The number of nitrogens with one attached hydrogen (secondary N) is 4. The molecule has 162 valence electrons. The molecule has 0 atom stereocenters. The molecule has 0 saturated carbocycles. The SMILES string of the molecule is Cc1cccc(C(=O)Nc2ccc(C(=O)NNC(=S)NC(=O)c3ccccc3I)cc2)c1. The van der Waals surface area contributed by atoms with Crippen LogP contribution in [0.4, 0.5) is 5.69 Å². The summed E-state index contributed by atoms with van der Waals surface area (Å²) in [5, 5.41) is 5.26. The first kappa shape index (κ1) is 23.4. The number of hydrogen-bond donors (Lipinski definition) is 4. The maximum Gasteiger partial charge on any atom is 0.269 e. The van der Waals surface area contributed by atoms with E-state index in [1.807, 2.05) is 25.1 Å². The van der Waals surface area contributed by atoms with E-state index >= 15 is 0 Å². The summed E-state index contributed by atoms with van der Waals surface area (Å²) in [6.45, 7) is 1.91. The average molecular weight is 558 g/mol. The Morgan fingerprint density at radius 1 is 0.781 bits per heavy atom. The van der Waals surface area contributed by atoms with Crippen molar-refractivity contribution in [1.29, 1.82) is 0 Å². The molecule has 0 unspecified atom stereocenters. The van der Waals surface area contributed by atoms with Crippen LogP contribution in [0.1, 0.15) is 36.6 Å². The summed E-state index contributed by atoms with van der Waals surface area (Å²) in [6, 6.07) is 20.7. The number of anilines is 1. The van der Waals surface area contributed by atoms with Crippen molar-refractivity contribution in [3.05, 3.63) is 98.6 Å². The van der Waals surface area contributed by atoms with E-state index in [2.05, 4.69) is 44.1 Å². The Balaban J connectivity index is 1.51. The lowest BCUT2D eigenvalue weighted by atomic mass is 10.1. The Morgan fingerprint density at radius 3 is 2.19 bits per heavy atom. The molecule has 32 heavy (non-hydrogen) atoms. The van der Waals surface area contributed by atoms with E-state index in [1.54, 1.807) is 54.6 Å². The van der Waals surface area contributed by atoms with Gasteiger partial charge in [0.25, 0.3) is 17.7 Å². The number of halogens is 1. The Labute approximate surface area is 204 Å². The van der Waals surface area contributed by atoms with E-state index in [-0.39, 0.29) is 16.9 Å². The third kappa shape index (κ3) is 6.34. The lowest BCUT2D eigenvalue weighted by Crippen LogP contribution is -2.48. The molecule has 3 aromatic carbocycles. The van der Waals surface area contributed by atoms with Crippen molar-refractivity contribution in [1.82, 2.24) is 16.2 Å². The number of hydrogen-bond acceptors (Lipinski definition) is 4. The van der Waals surface area contributed by atoms with Crippen LogP contribution in [0.5, 0.6) is 0 Å². The third-order valence-corrected chi connectivity index (χ3v) is 5.47. The highest BCUT2D eigenvalue weighted by Gasteiger charge is 2.12. The lowest BCUT2D eigenvalue weighted by Gasteiger charge is -2.12. The van der Waals surface area contributed by atoms with E-state index in [4.69, 9.17) is 12.2 Å². The summed E-state index contributed by atoms with van der Waals surface area (Å²) in [5.74, 6) is -1.07. The van der Waals surface area contributed by atoms with Gasteiger partial charge in [0.05, 0.1) is 5.56 Å². The summed E-state index contributed by atoms with van der Waals surface area (Å²) in [6.07, 6.45) is 0. The molecule has 3 rings (SSSR count). The van der Waals surface area contributed by atoms with Gasteiger partial charge in [0, 0.05) is 20.4 Å². The highest BCUT2D eigenvalue weighted by Crippen LogP contribution is 2.13. The minimum absolute atomic E-state index is 0.0370. The van der Waals surface area contributed by atoms with Crippen molar-refractivity contribution in [3.63, 3.8) is 0 Å². The topological polar surface area (TPSA) is 99.3 Å². The van der Waals surface area contributed by atoms with Gasteiger partial charge in [-0.3, -0.25) is 30.6 Å². The summed E-state index contributed by atoms with van der Waals surface area (Å²) in [7, 11) is 0. The molecule has 0 aliphatic carbocycles. The first-order chi connectivity index (χ1) is 15.3. The number of amides is 3. The Bertz CT molecular complexity index is 1180. The largest absolute Gasteiger partial charge is 0.322 e. The van der Waals surface area contributed by atoms with Crippen LogP contribution >= 0.6 is 34.8 Å². The van der Waals surface area contributed by atoms with Gasteiger partial charge in [-0.2, -0.15) is 0 Å². The number of benzene rings is 3. The zero-order valence-corrected chi connectivity index (χ0v) is 19.9. The van der Waals surface area contributed by atoms with Gasteiger partial charge in [-0.15, -0.1) is 0 Å². The molecule has 0 heterocycles. The first-order valence-corrected chi connectivity index (χ1v) is 11.0. The monoisotopic (exact) mass is 558 g/mol. The number of thiocarbonyl (C=S) groups is 1. The predicted molar refractivity (Wildman–Crippen MR) is 135 cm³/mol. The molecule has 0 fully saturated rings. The third-order valence-electron chi connectivity index (χ3n) is 4.32. The lowest BCUT2D eigenvalue weighted by molar-refractivity contribution is 0.0934.